The third-order valence-corrected chi connectivity index (χ3v) is 4.81. The van der Waals surface area contributed by atoms with E-state index < -0.39 is 0 Å². The molecule has 0 saturated carbocycles. The topological polar surface area (TPSA) is 61.4 Å². The fraction of sp³-hybridized carbons (Fsp3) is 0.333. The highest BCUT2D eigenvalue weighted by Gasteiger charge is 2.24. The van der Waals surface area contributed by atoms with E-state index in [1.807, 2.05) is 31.2 Å². The van der Waals surface area contributed by atoms with Gasteiger partial charge < -0.3 is 15.5 Å². The van der Waals surface area contributed by atoms with Crippen molar-refractivity contribution in [2.24, 2.45) is 5.92 Å². The van der Waals surface area contributed by atoms with Gasteiger partial charge >= 0.3 is 0 Å². The van der Waals surface area contributed by atoms with Crippen molar-refractivity contribution in [3.63, 3.8) is 0 Å². The maximum Gasteiger partial charge on any atom is 0.255 e. The molecule has 0 unspecified atom stereocenters. The Hall–Kier alpha value is -2.89. The first-order valence-electron chi connectivity index (χ1n) is 9.26. The van der Waals surface area contributed by atoms with Crippen LogP contribution in [0.5, 0.6) is 0 Å². The summed E-state index contributed by atoms with van der Waals surface area (Å²) >= 11 is 0. The molecule has 0 atom stereocenters. The average molecular weight is 369 g/mol. The number of nitrogens with one attached hydrogen (secondary N) is 2. The number of carbonyl (C=O) groups is 2. The Bertz CT molecular complexity index is 782. The molecule has 1 fully saturated rings. The summed E-state index contributed by atoms with van der Waals surface area (Å²) in [5, 5.41) is 5.70. The van der Waals surface area contributed by atoms with Gasteiger partial charge in [-0.1, -0.05) is 0 Å². The van der Waals surface area contributed by atoms with Crippen molar-refractivity contribution < 1.29 is 14.0 Å². The number of benzene rings is 2. The van der Waals surface area contributed by atoms with Crippen LogP contribution in [0.4, 0.5) is 15.8 Å². The Balaban J connectivity index is 1.55. The number of anilines is 2. The molecule has 0 aliphatic carbocycles. The van der Waals surface area contributed by atoms with E-state index in [4.69, 9.17) is 0 Å². The number of hydrogen-bond acceptors (Lipinski definition) is 3. The van der Waals surface area contributed by atoms with E-state index in [0.717, 1.165) is 31.6 Å². The zero-order valence-corrected chi connectivity index (χ0v) is 15.4. The third-order valence-electron chi connectivity index (χ3n) is 4.81. The number of piperidine rings is 1. The smallest absolute Gasteiger partial charge is 0.255 e. The fourth-order valence-corrected chi connectivity index (χ4v) is 3.28. The molecule has 2 amide bonds. The van der Waals surface area contributed by atoms with Gasteiger partial charge in [-0.05, 0) is 68.3 Å². The summed E-state index contributed by atoms with van der Waals surface area (Å²) in [6, 6.07) is 13.1. The highest BCUT2D eigenvalue weighted by Crippen LogP contribution is 2.25. The largest absolute Gasteiger partial charge is 0.371 e. The second kappa shape index (κ2) is 8.66. The minimum Gasteiger partial charge on any atom is -0.371 e. The Morgan fingerprint density at radius 2 is 1.67 bits per heavy atom. The van der Waals surface area contributed by atoms with Crippen LogP contribution in [0.25, 0.3) is 0 Å². The van der Waals surface area contributed by atoms with Crippen molar-refractivity contribution >= 4 is 23.2 Å². The van der Waals surface area contributed by atoms with Crippen LogP contribution >= 0.6 is 0 Å². The lowest BCUT2D eigenvalue weighted by Crippen LogP contribution is -2.40. The number of amides is 2. The van der Waals surface area contributed by atoms with Gasteiger partial charge in [-0.25, -0.2) is 4.39 Å². The van der Waals surface area contributed by atoms with Crippen LogP contribution in [0, 0.1) is 11.7 Å². The van der Waals surface area contributed by atoms with Gasteiger partial charge in [0.25, 0.3) is 5.91 Å². The molecule has 0 bridgehead atoms. The maximum absolute atomic E-state index is 12.9. The average Bonchev–Trinajstić information content (AvgIpc) is 2.69. The molecule has 2 N–H and O–H groups in total. The summed E-state index contributed by atoms with van der Waals surface area (Å²) in [7, 11) is 0. The lowest BCUT2D eigenvalue weighted by molar-refractivity contribution is -0.125. The van der Waals surface area contributed by atoms with Crippen LogP contribution in [0.3, 0.4) is 0 Å². The van der Waals surface area contributed by atoms with Crippen molar-refractivity contribution in [3.05, 3.63) is 59.9 Å². The molecule has 1 aliphatic heterocycles. The summed E-state index contributed by atoms with van der Waals surface area (Å²) < 4.78 is 12.9. The second-order valence-corrected chi connectivity index (χ2v) is 6.66. The number of hydrogen-bond donors (Lipinski definition) is 2. The van der Waals surface area contributed by atoms with Crippen LogP contribution < -0.4 is 15.5 Å². The van der Waals surface area contributed by atoms with Crippen LogP contribution in [0.2, 0.25) is 0 Å². The summed E-state index contributed by atoms with van der Waals surface area (Å²) in [5.74, 6) is -0.399. The lowest BCUT2D eigenvalue weighted by Gasteiger charge is -2.33. The maximum atomic E-state index is 12.9. The van der Waals surface area contributed by atoms with E-state index in [-0.39, 0.29) is 23.5 Å². The quantitative estimate of drug-likeness (QED) is 0.849. The number of nitrogens with zero attached hydrogens (tertiary/aromatic N) is 1. The van der Waals surface area contributed by atoms with Gasteiger partial charge in [0.1, 0.15) is 5.82 Å². The third kappa shape index (κ3) is 4.84. The molecule has 2 aromatic carbocycles. The normalized spacial score (nSPS) is 14.7. The molecule has 5 nitrogen and oxygen atoms in total. The second-order valence-electron chi connectivity index (χ2n) is 6.66. The Morgan fingerprint density at radius 3 is 2.26 bits per heavy atom. The van der Waals surface area contributed by atoms with E-state index >= 15 is 0 Å². The molecule has 27 heavy (non-hydrogen) atoms. The lowest BCUT2D eigenvalue weighted by atomic mass is 9.95. The molecule has 6 heteroatoms. The van der Waals surface area contributed by atoms with Crippen LogP contribution in [0.1, 0.15) is 30.1 Å². The minimum absolute atomic E-state index is 0.0930. The Labute approximate surface area is 158 Å². The molecular weight excluding hydrogens is 345 g/mol. The molecule has 0 aromatic heterocycles. The molecule has 2 aromatic rings. The zero-order chi connectivity index (χ0) is 19.2. The Morgan fingerprint density at radius 1 is 1.04 bits per heavy atom. The SMILES string of the molecule is CCNC(=O)C1CCN(c2ccc(NC(=O)c3ccc(F)cc3)cc2)CC1. The van der Waals surface area contributed by atoms with Crippen LogP contribution in [0.15, 0.2) is 48.5 Å². The van der Waals surface area contributed by atoms with E-state index in [1.165, 1.54) is 24.3 Å². The molecular formula is C21H24FN3O2. The predicted octanol–water partition coefficient (Wildman–Crippen LogP) is 3.43. The molecule has 0 spiro atoms. The zero-order valence-electron chi connectivity index (χ0n) is 15.4. The summed E-state index contributed by atoms with van der Waals surface area (Å²) in [5.41, 5.74) is 2.17. The van der Waals surface area contributed by atoms with Gasteiger partial charge in [-0.15, -0.1) is 0 Å². The first kappa shape index (κ1) is 18.9. The number of halogens is 1. The van der Waals surface area contributed by atoms with Crippen LogP contribution in [-0.2, 0) is 4.79 Å². The van der Waals surface area contributed by atoms with E-state index in [2.05, 4.69) is 15.5 Å². The summed E-state index contributed by atoms with van der Waals surface area (Å²) in [6.45, 7) is 4.28. The van der Waals surface area contributed by atoms with Crippen LogP contribution in [-0.4, -0.2) is 31.4 Å². The standard InChI is InChI=1S/C21H24FN3O2/c1-2-23-20(26)16-11-13-25(14-12-16)19-9-7-18(8-10-19)24-21(27)15-3-5-17(22)6-4-15/h3-10,16H,2,11-14H2,1H3,(H,23,26)(H,24,27). The first-order valence-corrected chi connectivity index (χ1v) is 9.26. The van der Waals surface area contributed by atoms with Gasteiger partial charge in [0.2, 0.25) is 5.91 Å². The Kier molecular flexibility index (Phi) is 6.06. The fourth-order valence-electron chi connectivity index (χ4n) is 3.28. The number of carbonyl (C=O) groups excluding carboxylic acids is 2. The molecule has 1 heterocycles. The van der Waals surface area contributed by atoms with Crippen molar-refractivity contribution in [1.82, 2.24) is 5.32 Å². The molecule has 1 saturated heterocycles. The van der Waals surface area contributed by atoms with Crippen molar-refractivity contribution in [2.75, 3.05) is 29.9 Å². The number of rotatable bonds is 5. The van der Waals surface area contributed by atoms with Crippen molar-refractivity contribution in [2.45, 2.75) is 19.8 Å². The van der Waals surface area contributed by atoms with Gasteiger partial charge in [-0.3, -0.25) is 9.59 Å². The van der Waals surface area contributed by atoms with E-state index in [1.54, 1.807) is 0 Å². The predicted molar refractivity (Wildman–Crippen MR) is 104 cm³/mol. The highest BCUT2D eigenvalue weighted by molar-refractivity contribution is 6.04. The molecule has 3 rings (SSSR count). The summed E-state index contributed by atoms with van der Waals surface area (Å²) in [4.78, 5) is 26.4. The van der Waals surface area contributed by atoms with Gasteiger partial charge in [0.05, 0.1) is 0 Å². The molecule has 142 valence electrons. The first-order chi connectivity index (χ1) is 13.1. The van der Waals surface area contributed by atoms with E-state index in [0.29, 0.717) is 17.8 Å². The van der Waals surface area contributed by atoms with E-state index in [9.17, 15) is 14.0 Å². The molecule has 0 radical (unpaired) electrons. The molecule has 1 aliphatic rings. The van der Waals surface area contributed by atoms with Crippen molar-refractivity contribution in [1.29, 1.82) is 0 Å². The minimum atomic E-state index is -0.369. The highest BCUT2D eigenvalue weighted by atomic mass is 19.1. The van der Waals surface area contributed by atoms with Crippen molar-refractivity contribution in [3.8, 4) is 0 Å². The monoisotopic (exact) mass is 369 g/mol. The van der Waals surface area contributed by atoms with Gasteiger partial charge in [-0.2, -0.15) is 0 Å². The summed E-state index contributed by atoms with van der Waals surface area (Å²) in [6.07, 6.45) is 1.68. The van der Waals surface area contributed by atoms with Gasteiger partial charge in [0.15, 0.2) is 0 Å². The van der Waals surface area contributed by atoms with Gasteiger partial charge in [0, 0.05) is 42.5 Å².